The monoisotopic (exact) mass is 2160 g/mol. The SMILES string of the molecule is C.C=COC(=O)CCC.CC(C)O.CCCC(=O)OC[C@H](OC(C)C)c1cc(F)ccc1OC.CCOC(=O)CC(C)=O.COc1ccc(F)cc1Br.COc1ccc(F)cc1C(CO)OC(C)C.COc1ccc(F)cc1C1CO1.COc1ccc(F)cc1C=O.COc1ccc(F)cc1[C@H](CO)OC(C)C.CS(C)(C)(=O)I.[C-]#[N+]CC(=O)OCC.[CH2-]CCC.[Cl][Fe]([Cl])[Cl].[Li+]. The number of benzene rings is 6. The van der Waals surface area contributed by atoms with Crippen molar-refractivity contribution in [2.24, 2.45) is 0 Å². The van der Waals surface area contributed by atoms with E-state index in [1.54, 1.807) is 65.7 Å². The van der Waals surface area contributed by atoms with E-state index >= 15 is 0 Å². The molecule has 0 amide bonds. The number of ketones is 1. The number of aliphatic hydroxyl groups is 3. The molecule has 0 saturated carbocycles. The Morgan fingerprint density at radius 2 is 0.885 bits per heavy atom. The molecule has 1 saturated heterocycles. The van der Waals surface area contributed by atoms with Crippen LogP contribution in [-0.2, 0) is 79.3 Å². The van der Waals surface area contributed by atoms with E-state index in [9.17, 15) is 69.5 Å². The van der Waals surface area contributed by atoms with E-state index in [0.29, 0.717) is 94.6 Å². The van der Waals surface area contributed by atoms with Gasteiger partial charge in [-0.2, -0.15) is 6.42 Å². The molecule has 0 radical (unpaired) electrons. The van der Waals surface area contributed by atoms with Gasteiger partial charge >= 0.3 is 90.7 Å². The van der Waals surface area contributed by atoms with Gasteiger partial charge in [0.15, 0.2) is 6.29 Å². The fourth-order valence-electron chi connectivity index (χ4n) is 8.60. The number of esters is 4. The summed E-state index contributed by atoms with van der Waals surface area (Å²) >= 11 is 3.77. The summed E-state index contributed by atoms with van der Waals surface area (Å²) in [6, 6.07) is 25.0. The van der Waals surface area contributed by atoms with Crippen LogP contribution < -0.4 is 47.3 Å². The molecule has 25 nitrogen and oxygen atoms in total. The average molecular weight is 2160 g/mol. The molecule has 6 aromatic rings. The maximum absolute atomic E-state index is 13.5. The Labute approximate surface area is 821 Å². The first-order valence-corrected chi connectivity index (χ1v) is 50.9. The number of methoxy groups -OCH3 is 6. The van der Waals surface area contributed by atoms with E-state index < -0.39 is 53.5 Å². The number of unbranched alkanes of at least 4 members (excludes halogenated alkanes) is 1. The number of aldehydes is 1. The number of epoxide rings is 1. The summed E-state index contributed by atoms with van der Waals surface area (Å²) in [4.78, 5) is 65.8. The largest absolute Gasteiger partial charge is 1.00 e. The van der Waals surface area contributed by atoms with Gasteiger partial charge in [0.2, 0.25) is 0 Å². The summed E-state index contributed by atoms with van der Waals surface area (Å²) in [5, 5.41) is 26.5. The number of aliphatic hydroxyl groups excluding tert-OH is 3. The normalized spacial score (nSPS) is 11.8. The topological polar surface area (TPSA) is 317 Å². The summed E-state index contributed by atoms with van der Waals surface area (Å²) < 4.78 is 159. The molecule has 1 fully saturated rings. The Hall–Kier alpha value is -6.78. The molecule has 7 rings (SSSR count). The number of hydrogen-bond acceptors (Lipinski definition) is 24. The standard InChI is InChI=1S/C16H23FO4.2C12H17FO3.C9H9FO2.C8H7FO2.C7H6BrFO.C6H10O3.C6H10O2.C5H7NO2.C4H9.C3H9IOS.C3H8O.CH4.3ClH.Fe.Li/c1-5-6-16(18)20-10-15(21-11(2)3)13-9-12(17)7-8-14(13)19-4;2*1-8(2)16-12(7-14)10-6-9(13)4-5-11(10)15-3;1-11-8-3-2-6(10)4-7(8)9-5-12-9;1-11-8-3-2-7(9)4-6(8)5-10;1-10-7-3-2-5(9)4-6(7)8;1-3-9-6(8)4-5(2)7;1-3-5-6(7)8-4-2;1-3-8-5(7)4-6-2;1-3-4-2;1-6(2,3,4)5;1-3(2)4;;;;;;/h7-9,11,15H,5-6,10H2,1-4H3;2*4-6,8,12,14H,7H2,1-3H3;2-4,9H,5H2,1H3;2-5H,1H3;2-4H,1H3;3-4H2,1-2H3;4H,2-3,5H2,1H3;3-4H2,1H3;1,3-4H2,2H3;1-3H3;3-4H,1-2H3;1H4;3*1H;;/q;;;;;;;;;-1;;;;;;;+3;+1/p-3/t15-;12-;;;;;;;;;;;;;;;;/m00................/s1. The maximum Gasteiger partial charge on any atom is 1.00 e. The van der Waals surface area contributed by atoms with Gasteiger partial charge in [-0.1, -0.05) is 47.4 Å². The molecule has 1 aliphatic rings. The van der Waals surface area contributed by atoms with Gasteiger partial charge in [0.1, 0.15) is 113 Å². The molecule has 39 heteroatoms. The van der Waals surface area contributed by atoms with Crippen molar-refractivity contribution in [1.29, 1.82) is 0 Å². The van der Waals surface area contributed by atoms with Gasteiger partial charge in [0, 0.05) is 62.4 Å². The van der Waals surface area contributed by atoms with Crippen molar-refractivity contribution in [2.45, 2.75) is 198 Å². The van der Waals surface area contributed by atoms with Gasteiger partial charge in [0.25, 0.3) is 0 Å². The molecule has 1 aliphatic heterocycles. The van der Waals surface area contributed by atoms with Gasteiger partial charge in [-0.05, 0) is 233 Å². The summed E-state index contributed by atoms with van der Waals surface area (Å²) in [5.41, 5.74) is 2.62. The molecule has 131 heavy (non-hydrogen) atoms. The summed E-state index contributed by atoms with van der Waals surface area (Å²) in [7, 11) is 23.7. The summed E-state index contributed by atoms with van der Waals surface area (Å²) in [6.45, 7) is 39.2. The van der Waals surface area contributed by atoms with Gasteiger partial charge < -0.3 is 93.4 Å². The Morgan fingerprint density at radius 3 is 1.18 bits per heavy atom. The second-order valence-corrected chi connectivity index (χ2v) is 47.4. The molecule has 1 heterocycles. The number of Topliss-reactive ketones (excluding diaryl/α,β-unsaturated/α-hetero) is 1. The van der Waals surface area contributed by atoms with E-state index in [1.807, 2.05) is 76.6 Å². The van der Waals surface area contributed by atoms with Crippen LogP contribution >= 0.6 is 67.4 Å². The van der Waals surface area contributed by atoms with Crippen LogP contribution in [0, 0.1) is 48.4 Å². The molecular formula is C92H136BrCl3F6FeILiNO24S. The second kappa shape index (κ2) is 83.8. The zero-order chi connectivity index (χ0) is 101. The zero-order valence-electron chi connectivity index (χ0n) is 78.8. The molecule has 3 N–H and O–H groups in total. The molecule has 0 spiro atoms. The van der Waals surface area contributed by atoms with Gasteiger partial charge in [0.05, 0.1) is 110 Å². The molecule has 4 atom stereocenters. The minimum absolute atomic E-state index is 0. The number of hydrogen-bond donors (Lipinski definition) is 3. The summed E-state index contributed by atoms with van der Waals surface area (Å²) in [5.74, 6) is -0.362. The van der Waals surface area contributed by atoms with Crippen LogP contribution in [-0.4, -0.2) is 188 Å². The van der Waals surface area contributed by atoms with Crippen molar-refractivity contribution in [3.05, 3.63) is 208 Å². The average Bonchev–Trinajstić information content (AvgIpc) is 1.62. The van der Waals surface area contributed by atoms with E-state index in [2.05, 4.69) is 55.4 Å². The first-order chi connectivity index (χ1) is 60.3. The van der Waals surface area contributed by atoms with E-state index in [4.69, 9.17) is 94.1 Å². The predicted molar refractivity (Wildman–Crippen MR) is 509 cm³/mol. The number of halogens is 11. The van der Waals surface area contributed by atoms with Crippen LogP contribution in [0.5, 0.6) is 34.5 Å². The zero-order valence-corrected chi connectivity index (χ0v) is 86.7. The van der Waals surface area contributed by atoms with Crippen molar-refractivity contribution in [3.63, 3.8) is 0 Å². The quantitative estimate of drug-likeness (QED) is 0.00302. The Kier molecular flexibility index (Phi) is 89.3. The minimum atomic E-state index is -2.13. The van der Waals surface area contributed by atoms with Crippen molar-refractivity contribution >= 4 is 110 Å². The van der Waals surface area contributed by atoms with Crippen LogP contribution in [0.3, 0.4) is 0 Å². The minimum Gasteiger partial charge on any atom is 1.00 e. The fraction of sp³-hybridized carbons (Fsp3) is 0.500. The van der Waals surface area contributed by atoms with Crippen molar-refractivity contribution in [1.82, 2.24) is 0 Å². The first kappa shape index (κ1) is 140. The predicted octanol–water partition coefficient (Wildman–Crippen LogP) is 19.6. The van der Waals surface area contributed by atoms with Crippen LogP contribution in [0.25, 0.3) is 4.85 Å². The summed E-state index contributed by atoms with van der Waals surface area (Å²) in [6.07, 6.45) is 7.37. The Morgan fingerprint density at radius 1 is 0.573 bits per heavy atom. The number of ether oxygens (including phenoxy) is 14. The maximum atomic E-state index is 13.5. The van der Waals surface area contributed by atoms with Crippen LogP contribution in [0.2, 0.25) is 0 Å². The third-order valence-electron chi connectivity index (χ3n) is 13.6. The molecule has 0 aliphatic carbocycles. The van der Waals surface area contributed by atoms with Gasteiger partial charge in [-0.25, -0.2) is 37.7 Å². The van der Waals surface area contributed by atoms with Crippen LogP contribution in [0.15, 0.2) is 127 Å². The Bertz CT molecular complexity index is 4100. The van der Waals surface area contributed by atoms with Crippen molar-refractivity contribution in [2.75, 3.05) is 108 Å². The molecule has 2 unspecified atom stereocenters. The van der Waals surface area contributed by atoms with Crippen molar-refractivity contribution in [3.8, 4) is 34.5 Å². The second-order valence-electron chi connectivity index (χ2n) is 27.5. The van der Waals surface area contributed by atoms with E-state index in [0.717, 1.165) is 37.2 Å². The number of carbonyl (C=O) groups is 6. The number of rotatable bonds is 32. The molecule has 0 aromatic heterocycles. The van der Waals surface area contributed by atoms with Crippen LogP contribution in [0.4, 0.5) is 26.3 Å². The van der Waals surface area contributed by atoms with Crippen molar-refractivity contribution < 1.29 is 171 Å². The van der Waals surface area contributed by atoms with Gasteiger partial charge in [-0.15, -0.1) is 0 Å². The van der Waals surface area contributed by atoms with E-state index in [-0.39, 0.29) is 142 Å². The fourth-order valence-corrected chi connectivity index (χ4v) is 9.11. The third-order valence-corrected chi connectivity index (χ3v) is 14.3. The number of carbonyl (C=O) groups excluding carboxylic acids is 6. The molecule has 6 aromatic carbocycles. The molecule has 0 bridgehead atoms. The first-order valence-electron chi connectivity index (χ1n) is 39.8. The third kappa shape index (κ3) is 82.4. The smallest absolute Gasteiger partial charge is 1.00 e. The molecular weight excluding hydrogens is 2030 g/mol. The Balaban J connectivity index is -0.000000214. The number of nitrogens with zero attached hydrogens (tertiary/aromatic N) is 1. The molecule has 745 valence electrons. The van der Waals surface area contributed by atoms with Gasteiger partial charge in [-0.3, -0.25) is 28.2 Å². The van der Waals surface area contributed by atoms with E-state index in [1.165, 1.54) is 140 Å². The van der Waals surface area contributed by atoms with Crippen LogP contribution in [0.1, 0.15) is 206 Å².